The van der Waals surface area contributed by atoms with Gasteiger partial charge in [0.25, 0.3) is 0 Å². The fourth-order valence-electron chi connectivity index (χ4n) is 1.83. The summed E-state index contributed by atoms with van der Waals surface area (Å²) in [5.74, 6) is -2.38. The fraction of sp³-hybridized carbons (Fsp3) is 0.500. The Morgan fingerprint density at radius 2 is 2.00 bits per heavy atom. The summed E-state index contributed by atoms with van der Waals surface area (Å²) < 4.78 is 52.4. The van der Waals surface area contributed by atoms with E-state index in [1.165, 1.54) is 7.05 Å². The van der Waals surface area contributed by atoms with Crippen molar-refractivity contribution in [3.05, 3.63) is 29.3 Å². The molecule has 0 heterocycles. The quantitative estimate of drug-likeness (QED) is 0.894. The lowest BCUT2D eigenvalue weighted by Gasteiger charge is -2.18. The van der Waals surface area contributed by atoms with Gasteiger partial charge in [0.1, 0.15) is 4.90 Å². The SMILES string of the molecule is CN(CC1CC1)S(=O)(=O)c1cc(CO)cc(F)c1F. The first-order chi connectivity index (χ1) is 8.86. The Kier molecular flexibility index (Phi) is 3.89. The average molecular weight is 291 g/mol. The Morgan fingerprint density at radius 3 is 2.53 bits per heavy atom. The molecule has 0 bridgehead atoms. The van der Waals surface area contributed by atoms with Gasteiger partial charge in [-0.1, -0.05) is 0 Å². The van der Waals surface area contributed by atoms with Crippen molar-refractivity contribution in [2.24, 2.45) is 5.92 Å². The van der Waals surface area contributed by atoms with E-state index in [-0.39, 0.29) is 5.56 Å². The van der Waals surface area contributed by atoms with Crippen LogP contribution in [0.25, 0.3) is 0 Å². The molecule has 2 rings (SSSR count). The van der Waals surface area contributed by atoms with Gasteiger partial charge in [0.15, 0.2) is 11.6 Å². The lowest BCUT2D eigenvalue weighted by atomic mass is 10.2. The number of aliphatic hydroxyl groups is 1. The predicted molar refractivity (Wildman–Crippen MR) is 64.8 cm³/mol. The topological polar surface area (TPSA) is 57.6 Å². The number of hydrogen-bond acceptors (Lipinski definition) is 3. The Bertz CT molecular complexity index is 585. The fourth-order valence-corrected chi connectivity index (χ4v) is 3.19. The van der Waals surface area contributed by atoms with Crippen molar-refractivity contribution < 1.29 is 22.3 Å². The van der Waals surface area contributed by atoms with Crippen molar-refractivity contribution in [1.82, 2.24) is 4.31 Å². The molecule has 106 valence electrons. The molecule has 0 spiro atoms. The van der Waals surface area contributed by atoms with Crippen LogP contribution in [-0.2, 0) is 16.6 Å². The predicted octanol–water partition coefficient (Wildman–Crippen LogP) is 1.49. The van der Waals surface area contributed by atoms with E-state index in [1.54, 1.807) is 0 Å². The first kappa shape index (κ1) is 14.4. The molecule has 1 aliphatic carbocycles. The third-order valence-electron chi connectivity index (χ3n) is 3.14. The minimum atomic E-state index is -4.07. The van der Waals surface area contributed by atoms with Gasteiger partial charge in [0.2, 0.25) is 10.0 Å². The molecule has 1 aliphatic rings. The molecule has 1 aromatic carbocycles. The summed E-state index contributed by atoms with van der Waals surface area (Å²) in [5.41, 5.74) is 0.0253. The monoisotopic (exact) mass is 291 g/mol. The van der Waals surface area contributed by atoms with E-state index in [4.69, 9.17) is 5.11 Å². The highest BCUT2D eigenvalue weighted by Crippen LogP contribution is 2.31. The van der Waals surface area contributed by atoms with Crippen LogP contribution in [0.2, 0.25) is 0 Å². The highest BCUT2D eigenvalue weighted by atomic mass is 32.2. The minimum absolute atomic E-state index is 0.0253. The molecule has 0 amide bonds. The molecule has 0 radical (unpaired) electrons. The number of rotatable bonds is 5. The van der Waals surface area contributed by atoms with Crippen LogP contribution < -0.4 is 0 Å². The highest BCUT2D eigenvalue weighted by Gasteiger charge is 2.31. The maximum atomic E-state index is 13.7. The zero-order valence-corrected chi connectivity index (χ0v) is 11.3. The average Bonchev–Trinajstić information content (AvgIpc) is 3.15. The minimum Gasteiger partial charge on any atom is -0.392 e. The molecular formula is C12H15F2NO3S. The molecule has 19 heavy (non-hydrogen) atoms. The normalized spacial score (nSPS) is 16.1. The van der Waals surface area contributed by atoms with Crippen LogP contribution in [0.3, 0.4) is 0 Å². The maximum Gasteiger partial charge on any atom is 0.245 e. The summed E-state index contributed by atoms with van der Waals surface area (Å²) in [7, 11) is -2.73. The van der Waals surface area contributed by atoms with Gasteiger partial charge in [-0.15, -0.1) is 0 Å². The smallest absolute Gasteiger partial charge is 0.245 e. The number of sulfonamides is 1. The molecular weight excluding hydrogens is 276 g/mol. The zero-order chi connectivity index (χ0) is 14.2. The van der Waals surface area contributed by atoms with E-state index in [1.807, 2.05) is 0 Å². The molecule has 1 fully saturated rings. The first-order valence-corrected chi connectivity index (χ1v) is 7.35. The zero-order valence-electron chi connectivity index (χ0n) is 10.4. The van der Waals surface area contributed by atoms with E-state index in [9.17, 15) is 17.2 Å². The third-order valence-corrected chi connectivity index (χ3v) is 4.96. The summed E-state index contributed by atoms with van der Waals surface area (Å²) in [5, 5.41) is 8.94. The number of aliphatic hydroxyl groups excluding tert-OH is 1. The summed E-state index contributed by atoms with van der Waals surface area (Å²) in [6, 6.07) is 1.76. The number of benzene rings is 1. The molecule has 0 aromatic heterocycles. The number of nitrogens with zero attached hydrogens (tertiary/aromatic N) is 1. The van der Waals surface area contributed by atoms with E-state index in [0.29, 0.717) is 12.5 Å². The van der Waals surface area contributed by atoms with Crippen LogP contribution in [0.1, 0.15) is 18.4 Å². The molecule has 7 heteroatoms. The van der Waals surface area contributed by atoms with Crippen molar-refractivity contribution in [3.63, 3.8) is 0 Å². The van der Waals surface area contributed by atoms with Crippen LogP contribution >= 0.6 is 0 Å². The molecule has 1 aromatic rings. The first-order valence-electron chi connectivity index (χ1n) is 5.91. The number of halogens is 2. The Hall–Kier alpha value is -1.05. The second-order valence-corrected chi connectivity index (χ2v) is 6.79. The Morgan fingerprint density at radius 1 is 1.37 bits per heavy atom. The largest absolute Gasteiger partial charge is 0.392 e. The second-order valence-electron chi connectivity index (χ2n) is 4.78. The van der Waals surface area contributed by atoms with Crippen molar-refractivity contribution in [2.75, 3.05) is 13.6 Å². The van der Waals surface area contributed by atoms with Crippen LogP contribution in [-0.4, -0.2) is 31.4 Å². The standard InChI is InChI=1S/C12H15F2NO3S/c1-15(6-8-2-3-8)19(17,18)11-5-9(7-16)4-10(13)12(11)14/h4-5,8,16H,2-3,6-7H2,1H3. The van der Waals surface area contributed by atoms with Gasteiger partial charge in [-0.05, 0) is 36.5 Å². The van der Waals surface area contributed by atoms with E-state index in [2.05, 4.69) is 0 Å². The van der Waals surface area contributed by atoms with Crippen LogP contribution in [0, 0.1) is 17.6 Å². The van der Waals surface area contributed by atoms with Crippen molar-refractivity contribution >= 4 is 10.0 Å². The van der Waals surface area contributed by atoms with E-state index in [0.717, 1.165) is 29.3 Å². The van der Waals surface area contributed by atoms with Gasteiger partial charge >= 0.3 is 0 Å². The van der Waals surface area contributed by atoms with E-state index < -0.39 is 33.2 Å². The maximum absolute atomic E-state index is 13.7. The highest BCUT2D eigenvalue weighted by molar-refractivity contribution is 7.89. The van der Waals surface area contributed by atoms with Crippen molar-refractivity contribution in [1.29, 1.82) is 0 Å². The lowest BCUT2D eigenvalue weighted by molar-refractivity contribution is 0.280. The van der Waals surface area contributed by atoms with Crippen LogP contribution in [0.15, 0.2) is 17.0 Å². The van der Waals surface area contributed by atoms with Gasteiger partial charge in [-0.2, -0.15) is 0 Å². The Balaban J connectivity index is 2.40. The Labute approximate surface area is 110 Å². The van der Waals surface area contributed by atoms with Crippen molar-refractivity contribution in [2.45, 2.75) is 24.3 Å². The molecule has 0 atom stereocenters. The van der Waals surface area contributed by atoms with Crippen LogP contribution in [0.5, 0.6) is 0 Å². The summed E-state index contributed by atoms with van der Waals surface area (Å²) in [6.07, 6.45) is 1.90. The second kappa shape index (κ2) is 5.15. The molecule has 0 aliphatic heterocycles. The van der Waals surface area contributed by atoms with Gasteiger partial charge in [-0.3, -0.25) is 0 Å². The number of hydrogen-bond donors (Lipinski definition) is 1. The lowest BCUT2D eigenvalue weighted by Crippen LogP contribution is -2.30. The summed E-state index contributed by atoms with van der Waals surface area (Å²) in [6.45, 7) is -0.251. The summed E-state index contributed by atoms with van der Waals surface area (Å²) in [4.78, 5) is -0.722. The van der Waals surface area contributed by atoms with E-state index >= 15 is 0 Å². The molecule has 1 N–H and O–H groups in total. The van der Waals surface area contributed by atoms with Gasteiger partial charge in [0.05, 0.1) is 6.61 Å². The van der Waals surface area contributed by atoms with Crippen LogP contribution in [0.4, 0.5) is 8.78 Å². The molecule has 4 nitrogen and oxygen atoms in total. The third kappa shape index (κ3) is 2.93. The molecule has 1 saturated carbocycles. The van der Waals surface area contributed by atoms with Gasteiger partial charge < -0.3 is 5.11 Å². The van der Waals surface area contributed by atoms with Gasteiger partial charge in [0, 0.05) is 13.6 Å². The van der Waals surface area contributed by atoms with Crippen molar-refractivity contribution in [3.8, 4) is 0 Å². The molecule has 0 unspecified atom stereocenters. The van der Waals surface area contributed by atoms with Gasteiger partial charge in [-0.25, -0.2) is 21.5 Å². The molecule has 0 saturated heterocycles. The summed E-state index contributed by atoms with van der Waals surface area (Å²) >= 11 is 0.